The number of benzene rings is 1. The van der Waals surface area contributed by atoms with E-state index < -0.39 is 5.97 Å². The molecule has 0 amide bonds. The summed E-state index contributed by atoms with van der Waals surface area (Å²) in [5.41, 5.74) is 1.72. The lowest BCUT2D eigenvalue weighted by atomic mass is 9.85. The van der Waals surface area contributed by atoms with Gasteiger partial charge in [-0.15, -0.1) is 0 Å². The van der Waals surface area contributed by atoms with Crippen LogP contribution in [0.5, 0.6) is 5.75 Å². The van der Waals surface area contributed by atoms with Crippen LogP contribution in [0, 0.1) is 0 Å². The van der Waals surface area contributed by atoms with Gasteiger partial charge >= 0.3 is 5.97 Å². The summed E-state index contributed by atoms with van der Waals surface area (Å²) in [6, 6.07) is 6.75. The summed E-state index contributed by atoms with van der Waals surface area (Å²) in [5, 5.41) is 23.3. The molecule has 5 nitrogen and oxygen atoms in total. The van der Waals surface area contributed by atoms with Gasteiger partial charge in [0.15, 0.2) is 0 Å². The van der Waals surface area contributed by atoms with E-state index in [0.29, 0.717) is 5.69 Å². The Morgan fingerprint density at radius 3 is 2.67 bits per heavy atom. The van der Waals surface area contributed by atoms with Crippen molar-refractivity contribution >= 4 is 5.97 Å². The van der Waals surface area contributed by atoms with Crippen LogP contribution in [0.2, 0.25) is 0 Å². The van der Waals surface area contributed by atoms with E-state index in [4.69, 9.17) is 0 Å². The number of hydrogen-bond acceptors (Lipinski definition) is 3. The standard InChI is InChI=1S/C16H18N2O3/c19-13-8-4-7-12(9-13)18-15(11-5-2-1-3-6-11)14(10-17-18)16(20)21/h4,7-11,19H,1-3,5-6H2,(H,20,21). The number of hydrogen-bond donors (Lipinski definition) is 2. The van der Waals surface area contributed by atoms with Crippen LogP contribution >= 0.6 is 0 Å². The monoisotopic (exact) mass is 286 g/mol. The normalized spacial score (nSPS) is 16.0. The lowest BCUT2D eigenvalue weighted by Crippen LogP contribution is -2.14. The molecule has 1 aliphatic carbocycles. The average Bonchev–Trinajstić information content (AvgIpc) is 2.93. The highest BCUT2D eigenvalue weighted by Crippen LogP contribution is 2.35. The number of aromatic nitrogens is 2. The van der Waals surface area contributed by atoms with Crippen molar-refractivity contribution in [1.29, 1.82) is 0 Å². The molecule has 0 aliphatic heterocycles. The quantitative estimate of drug-likeness (QED) is 0.907. The van der Waals surface area contributed by atoms with Gasteiger partial charge in [0, 0.05) is 12.0 Å². The van der Waals surface area contributed by atoms with Gasteiger partial charge in [0.2, 0.25) is 0 Å². The van der Waals surface area contributed by atoms with E-state index in [1.54, 1.807) is 22.9 Å². The zero-order valence-electron chi connectivity index (χ0n) is 11.7. The fraction of sp³-hybridized carbons (Fsp3) is 0.375. The average molecular weight is 286 g/mol. The second-order valence-electron chi connectivity index (χ2n) is 5.52. The van der Waals surface area contributed by atoms with Gasteiger partial charge in [-0.2, -0.15) is 5.10 Å². The first kappa shape index (κ1) is 13.7. The van der Waals surface area contributed by atoms with E-state index >= 15 is 0 Å². The third-order valence-corrected chi connectivity index (χ3v) is 4.10. The van der Waals surface area contributed by atoms with Crippen molar-refractivity contribution in [3.63, 3.8) is 0 Å². The number of aromatic hydroxyl groups is 1. The van der Waals surface area contributed by atoms with Crippen molar-refractivity contribution in [3.8, 4) is 11.4 Å². The summed E-state index contributed by atoms with van der Waals surface area (Å²) >= 11 is 0. The Morgan fingerprint density at radius 1 is 1.24 bits per heavy atom. The fourth-order valence-corrected chi connectivity index (χ4v) is 3.12. The van der Waals surface area contributed by atoms with E-state index in [1.807, 2.05) is 6.07 Å². The Kier molecular flexibility index (Phi) is 3.64. The summed E-state index contributed by atoms with van der Waals surface area (Å²) in [7, 11) is 0. The minimum absolute atomic E-state index is 0.148. The summed E-state index contributed by atoms with van der Waals surface area (Å²) in [6.07, 6.45) is 6.84. The number of phenolic OH excluding ortho intramolecular Hbond substituents is 1. The Morgan fingerprint density at radius 2 is 2.00 bits per heavy atom. The van der Waals surface area contributed by atoms with Gasteiger partial charge in [-0.3, -0.25) is 0 Å². The molecule has 0 unspecified atom stereocenters. The number of carboxylic acid groups (broad SMARTS) is 1. The lowest BCUT2D eigenvalue weighted by Gasteiger charge is -2.23. The molecule has 0 bridgehead atoms. The van der Waals surface area contributed by atoms with Crippen LogP contribution in [0.4, 0.5) is 0 Å². The molecule has 1 aromatic heterocycles. The van der Waals surface area contributed by atoms with E-state index in [1.165, 1.54) is 12.6 Å². The van der Waals surface area contributed by atoms with Crippen LogP contribution in [0.3, 0.4) is 0 Å². The molecule has 0 saturated heterocycles. The molecule has 3 rings (SSSR count). The first-order chi connectivity index (χ1) is 10.2. The van der Waals surface area contributed by atoms with Gasteiger partial charge < -0.3 is 10.2 Å². The van der Waals surface area contributed by atoms with Crippen molar-refractivity contribution in [2.45, 2.75) is 38.0 Å². The molecule has 21 heavy (non-hydrogen) atoms. The predicted molar refractivity (Wildman–Crippen MR) is 78.0 cm³/mol. The van der Waals surface area contributed by atoms with E-state index in [-0.39, 0.29) is 17.2 Å². The summed E-state index contributed by atoms with van der Waals surface area (Å²) < 4.78 is 1.67. The molecular weight excluding hydrogens is 268 g/mol. The van der Waals surface area contributed by atoms with Crippen molar-refractivity contribution in [2.24, 2.45) is 0 Å². The van der Waals surface area contributed by atoms with Crippen LogP contribution < -0.4 is 0 Å². The Bertz CT molecular complexity index is 657. The molecule has 0 radical (unpaired) electrons. The molecule has 110 valence electrons. The predicted octanol–water partition coefficient (Wildman–Crippen LogP) is 3.32. The van der Waals surface area contributed by atoms with Crippen LogP contribution in [0.1, 0.15) is 54.1 Å². The Labute approximate surface area is 122 Å². The smallest absolute Gasteiger partial charge is 0.339 e. The maximum atomic E-state index is 11.5. The number of phenols is 1. The largest absolute Gasteiger partial charge is 0.508 e. The van der Waals surface area contributed by atoms with Gasteiger partial charge in [-0.05, 0) is 25.0 Å². The molecule has 0 spiro atoms. The van der Waals surface area contributed by atoms with Crippen LogP contribution in [0.15, 0.2) is 30.5 Å². The maximum Gasteiger partial charge on any atom is 0.339 e. The number of rotatable bonds is 3. The summed E-state index contributed by atoms with van der Waals surface area (Å²) in [4.78, 5) is 11.5. The second kappa shape index (κ2) is 5.60. The number of nitrogens with zero attached hydrogens (tertiary/aromatic N) is 2. The third-order valence-electron chi connectivity index (χ3n) is 4.10. The molecule has 1 aromatic carbocycles. The molecule has 2 aromatic rings. The van der Waals surface area contributed by atoms with Gasteiger partial charge in [0.05, 0.1) is 17.6 Å². The fourth-order valence-electron chi connectivity index (χ4n) is 3.12. The Balaban J connectivity index is 2.10. The maximum absolute atomic E-state index is 11.5. The Hall–Kier alpha value is -2.30. The number of carboxylic acids is 1. The first-order valence-corrected chi connectivity index (χ1v) is 7.27. The zero-order chi connectivity index (χ0) is 14.8. The van der Waals surface area contributed by atoms with Crippen molar-refractivity contribution in [3.05, 3.63) is 41.7 Å². The second-order valence-corrected chi connectivity index (χ2v) is 5.52. The van der Waals surface area contributed by atoms with Crippen molar-refractivity contribution in [2.75, 3.05) is 0 Å². The molecule has 5 heteroatoms. The SMILES string of the molecule is O=C(O)c1cnn(-c2cccc(O)c2)c1C1CCCCC1. The molecule has 1 heterocycles. The van der Waals surface area contributed by atoms with Crippen molar-refractivity contribution in [1.82, 2.24) is 9.78 Å². The molecule has 1 saturated carbocycles. The minimum atomic E-state index is -0.943. The topological polar surface area (TPSA) is 75.3 Å². The first-order valence-electron chi connectivity index (χ1n) is 7.27. The highest BCUT2D eigenvalue weighted by atomic mass is 16.4. The highest BCUT2D eigenvalue weighted by Gasteiger charge is 2.26. The van der Waals surface area contributed by atoms with Gasteiger partial charge in [0.1, 0.15) is 11.3 Å². The summed E-state index contributed by atoms with van der Waals surface area (Å²) in [5.74, 6) is -0.578. The van der Waals surface area contributed by atoms with E-state index in [0.717, 1.165) is 31.4 Å². The van der Waals surface area contributed by atoms with Gasteiger partial charge in [-0.25, -0.2) is 9.48 Å². The summed E-state index contributed by atoms with van der Waals surface area (Å²) in [6.45, 7) is 0. The zero-order valence-corrected chi connectivity index (χ0v) is 11.7. The van der Waals surface area contributed by atoms with Gasteiger partial charge in [0.25, 0.3) is 0 Å². The van der Waals surface area contributed by atoms with Crippen LogP contribution in [0.25, 0.3) is 5.69 Å². The van der Waals surface area contributed by atoms with Crippen LogP contribution in [-0.2, 0) is 0 Å². The van der Waals surface area contributed by atoms with Gasteiger partial charge in [-0.1, -0.05) is 25.3 Å². The number of aromatic carboxylic acids is 1. The molecule has 1 fully saturated rings. The number of carbonyl (C=O) groups is 1. The molecule has 1 aliphatic rings. The van der Waals surface area contributed by atoms with Crippen molar-refractivity contribution < 1.29 is 15.0 Å². The highest BCUT2D eigenvalue weighted by molar-refractivity contribution is 5.89. The lowest BCUT2D eigenvalue weighted by molar-refractivity contribution is 0.0694. The minimum Gasteiger partial charge on any atom is -0.508 e. The molecule has 0 atom stereocenters. The molecular formula is C16H18N2O3. The van der Waals surface area contributed by atoms with E-state index in [9.17, 15) is 15.0 Å². The third kappa shape index (κ3) is 2.63. The van der Waals surface area contributed by atoms with E-state index in [2.05, 4.69) is 5.10 Å². The van der Waals surface area contributed by atoms with Crippen LogP contribution in [-0.4, -0.2) is 26.0 Å². The molecule has 2 N–H and O–H groups in total.